The van der Waals surface area contributed by atoms with E-state index in [9.17, 15) is 0 Å². The average Bonchev–Trinajstić information content (AvgIpc) is 2.77. The molecule has 4 rings (SSSR count). The summed E-state index contributed by atoms with van der Waals surface area (Å²) >= 11 is 0. The van der Waals surface area contributed by atoms with E-state index in [1.165, 1.54) is 33.4 Å². The zero-order chi connectivity index (χ0) is 20.8. The monoisotopic (exact) mass is 392 g/mol. The van der Waals surface area contributed by atoms with Crippen molar-refractivity contribution in [2.24, 2.45) is 0 Å². The summed E-state index contributed by atoms with van der Waals surface area (Å²) in [7, 11) is 0. The van der Waals surface area contributed by atoms with Crippen molar-refractivity contribution in [3.8, 4) is 11.5 Å². The van der Waals surface area contributed by atoms with E-state index in [0.29, 0.717) is 0 Å². The van der Waals surface area contributed by atoms with Crippen LogP contribution in [-0.2, 0) is 19.3 Å². The SMILES string of the molecule is Cc1ccc(Cc2ccc(CCc3ccc(Oc4ccc(C)cc4)cc3)cc2)cc1. The molecule has 1 heteroatoms. The molecule has 0 fully saturated rings. The van der Waals surface area contributed by atoms with Gasteiger partial charge in [0.1, 0.15) is 11.5 Å². The first-order valence-electron chi connectivity index (χ1n) is 10.6. The zero-order valence-electron chi connectivity index (χ0n) is 17.8. The summed E-state index contributed by atoms with van der Waals surface area (Å²) in [4.78, 5) is 0. The number of aryl methyl sites for hydroxylation is 4. The molecule has 4 aromatic carbocycles. The molecular weight excluding hydrogens is 364 g/mol. The molecule has 0 spiro atoms. The van der Waals surface area contributed by atoms with Crippen molar-refractivity contribution in [3.63, 3.8) is 0 Å². The fourth-order valence-electron chi connectivity index (χ4n) is 3.52. The molecule has 0 aliphatic rings. The Morgan fingerprint density at radius 2 is 0.767 bits per heavy atom. The summed E-state index contributed by atoms with van der Waals surface area (Å²) in [6, 6.07) is 34.4. The van der Waals surface area contributed by atoms with Crippen molar-refractivity contribution < 1.29 is 4.74 Å². The summed E-state index contributed by atoms with van der Waals surface area (Å²) in [5, 5.41) is 0. The van der Waals surface area contributed by atoms with Gasteiger partial charge in [-0.15, -0.1) is 0 Å². The quantitative estimate of drug-likeness (QED) is 0.317. The highest BCUT2D eigenvalue weighted by Gasteiger charge is 2.01. The predicted octanol–water partition coefficient (Wildman–Crippen LogP) is 7.47. The minimum atomic E-state index is 0.874. The van der Waals surface area contributed by atoms with E-state index < -0.39 is 0 Å². The van der Waals surface area contributed by atoms with Crippen molar-refractivity contribution >= 4 is 0 Å². The second-order valence-corrected chi connectivity index (χ2v) is 8.04. The third-order valence-electron chi connectivity index (χ3n) is 5.43. The van der Waals surface area contributed by atoms with Gasteiger partial charge < -0.3 is 4.74 Å². The van der Waals surface area contributed by atoms with Crippen LogP contribution in [-0.4, -0.2) is 0 Å². The Labute approximate surface area is 180 Å². The number of hydrogen-bond donors (Lipinski definition) is 0. The molecule has 0 aliphatic carbocycles. The van der Waals surface area contributed by atoms with E-state index >= 15 is 0 Å². The normalized spacial score (nSPS) is 10.7. The van der Waals surface area contributed by atoms with Gasteiger partial charge in [0.25, 0.3) is 0 Å². The van der Waals surface area contributed by atoms with E-state index in [4.69, 9.17) is 4.74 Å². The fourth-order valence-corrected chi connectivity index (χ4v) is 3.52. The first-order chi connectivity index (χ1) is 14.6. The largest absolute Gasteiger partial charge is 0.457 e. The molecule has 1 nitrogen and oxygen atoms in total. The lowest BCUT2D eigenvalue weighted by molar-refractivity contribution is 0.482. The lowest BCUT2D eigenvalue weighted by Gasteiger charge is -2.08. The molecule has 30 heavy (non-hydrogen) atoms. The van der Waals surface area contributed by atoms with Gasteiger partial charge >= 0.3 is 0 Å². The first-order valence-corrected chi connectivity index (χ1v) is 10.6. The summed E-state index contributed by atoms with van der Waals surface area (Å²) in [5.41, 5.74) is 7.98. The molecule has 150 valence electrons. The Morgan fingerprint density at radius 1 is 0.433 bits per heavy atom. The number of ether oxygens (including phenoxy) is 1. The molecule has 0 saturated heterocycles. The lowest BCUT2D eigenvalue weighted by atomic mass is 10.00. The summed E-state index contributed by atoms with van der Waals surface area (Å²) in [6.45, 7) is 4.21. The number of benzene rings is 4. The van der Waals surface area contributed by atoms with Gasteiger partial charge in [0, 0.05) is 0 Å². The minimum Gasteiger partial charge on any atom is -0.457 e. The fraction of sp³-hybridized carbons (Fsp3) is 0.172. The van der Waals surface area contributed by atoms with Crippen molar-refractivity contribution in [1.82, 2.24) is 0 Å². The molecule has 0 N–H and O–H groups in total. The molecule has 0 unspecified atom stereocenters. The summed E-state index contributed by atoms with van der Waals surface area (Å²) in [6.07, 6.45) is 3.06. The highest BCUT2D eigenvalue weighted by Crippen LogP contribution is 2.22. The maximum Gasteiger partial charge on any atom is 0.127 e. The van der Waals surface area contributed by atoms with Crippen LogP contribution in [0.3, 0.4) is 0 Å². The Balaban J connectivity index is 1.29. The van der Waals surface area contributed by atoms with Crippen LogP contribution < -0.4 is 4.74 Å². The molecule has 0 saturated carbocycles. The van der Waals surface area contributed by atoms with Gasteiger partial charge in [-0.3, -0.25) is 0 Å². The minimum absolute atomic E-state index is 0.874. The van der Waals surface area contributed by atoms with Crippen LogP contribution in [0, 0.1) is 13.8 Å². The van der Waals surface area contributed by atoms with Gasteiger partial charge in [0.05, 0.1) is 0 Å². The highest BCUT2D eigenvalue weighted by atomic mass is 16.5. The Hall–Kier alpha value is -3.32. The molecule has 0 bridgehead atoms. The average molecular weight is 393 g/mol. The van der Waals surface area contributed by atoms with E-state index in [-0.39, 0.29) is 0 Å². The molecule has 0 radical (unpaired) electrons. The Bertz CT molecular complexity index is 966. The standard InChI is InChI=1S/C29H28O/c1-22-3-7-26(8-4-22)21-27-13-11-24(12-14-27)9-10-25-15-19-29(20-16-25)30-28-17-5-23(2)6-18-28/h3-8,11-20H,9-10,21H2,1-2H3. The second kappa shape index (κ2) is 9.45. The zero-order valence-corrected chi connectivity index (χ0v) is 17.8. The maximum atomic E-state index is 5.92. The summed E-state index contributed by atoms with van der Waals surface area (Å²) < 4.78 is 5.92. The molecule has 0 atom stereocenters. The van der Waals surface area contributed by atoms with Crippen LogP contribution in [0.25, 0.3) is 0 Å². The van der Waals surface area contributed by atoms with E-state index in [2.05, 4.69) is 98.8 Å². The maximum absolute atomic E-state index is 5.92. The highest BCUT2D eigenvalue weighted by molar-refractivity contribution is 5.35. The number of rotatable bonds is 7. The van der Waals surface area contributed by atoms with Crippen molar-refractivity contribution in [2.45, 2.75) is 33.1 Å². The van der Waals surface area contributed by atoms with Crippen LogP contribution in [0.5, 0.6) is 11.5 Å². The molecule has 4 aromatic rings. The third-order valence-corrected chi connectivity index (χ3v) is 5.43. The van der Waals surface area contributed by atoms with Crippen molar-refractivity contribution in [2.75, 3.05) is 0 Å². The summed E-state index contributed by atoms with van der Waals surface area (Å²) in [5.74, 6) is 1.75. The topological polar surface area (TPSA) is 9.23 Å². The third kappa shape index (κ3) is 5.61. The van der Waals surface area contributed by atoms with Gasteiger partial charge in [-0.05, 0) is 79.6 Å². The van der Waals surface area contributed by atoms with Crippen molar-refractivity contribution in [1.29, 1.82) is 0 Å². The molecule has 0 heterocycles. The van der Waals surface area contributed by atoms with Crippen LogP contribution >= 0.6 is 0 Å². The molecule has 0 amide bonds. The smallest absolute Gasteiger partial charge is 0.127 e. The lowest BCUT2D eigenvalue weighted by Crippen LogP contribution is -1.93. The number of hydrogen-bond acceptors (Lipinski definition) is 1. The molecule has 0 aromatic heterocycles. The van der Waals surface area contributed by atoms with Crippen molar-refractivity contribution in [3.05, 3.63) is 130 Å². The van der Waals surface area contributed by atoms with Crippen LogP contribution in [0.4, 0.5) is 0 Å². The van der Waals surface area contributed by atoms with E-state index in [1.54, 1.807) is 0 Å². The van der Waals surface area contributed by atoms with Crippen LogP contribution in [0.2, 0.25) is 0 Å². The van der Waals surface area contributed by atoms with E-state index in [0.717, 1.165) is 30.8 Å². The molecule has 0 aliphatic heterocycles. The second-order valence-electron chi connectivity index (χ2n) is 8.04. The van der Waals surface area contributed by atoms with Gasteiger partial charge in [0.15, 0.2) is 0 Å². The Kier molecular flexibility index (Phi) is 6.29. The van der Waals surface area contributed by atoms with Crippen LogP contribution in [0.15, 0.2) is 97.1 Å². The van der Waals surface area contributed by atoms with Crippen LogP contribution in [0.1, 0.15) is 33.4 Å². The predicted molar refractivity (Wildman–Crippen MR) is 126 cm³/mol. The van der Waals surface area contributed by atoms with Gasteiger partial charge in [-0.2, -0.15) is 0 Å². The van der Waals surface area contributed by atoms with E-state index in [1.807, 2.05) is 12.1 Å². The van der Waals surface area contributed by atoms with Gasteiger partial charge in [0.2, 0.25) is 0 Å². The molecular formula is C29H28O. The Morgan fingerprint density at radius 3 is 1.27 bits per heavy atom. The first kappa shape index (κ1) is 20.0. The van der Waals surface area contributed by atoms with Gasteiger partial charge in [-0.1, -0.05) is 83.9 Å². The van der Waals surface area contributed by atoms with Gasteiger partial charge in [-0.25, -0.2) is 0 Å².